The predicted octanol–water partition coefficient (Wildman–Crippen LogP) is 0.997. The Labute approximate surface area is 107 Å². The number of rotatable bonds is 5. The standard InChI is InChI=1S/C12H17FN2O2S/c13-11-5-3-10(4-6-11)8-15-18(16,17)9-12-2-1-7-14-12/h3-6,12,14-15H,1-2,7-9H2. The maximum Gasteiger partial charge on any atom is 0.213 e. The summed E-state index contributed by atoms with van der Waals surface area (Å²) in [4.78, 5) is 0. The fraction of sp³-hybridized carbons (Fsp3) is 0.500. The van der Waals surface area contributed by atoms with Gasteiger partial charge in [0.25, 0.3) is 0 Å². The molecule has 2 rings (SSSR count). The van der Waals surface area contributed by atoms with E-state index in [2.05, 4.69) is 10.0 Å². The molecule has 0 amide bonds. The zero-order valence-corrected chi connectivity index (χ0v) is 10.8. The van der Waals surface area contributed by atoms with Crippen LogP contribution in [-0.2, 0) is 16.6 Å². The van der Waals surface area contributed by atoms with Gasteiger partial charge in [-0.15, -0.1) is 0 Å². The van der Waals surface area contributed by atoms with Gasteiger partial charge in [0, 0.05) is 12.6 Å². The molecule has 0 bridgehead atoms. The summed E-state index contributed by atoms with van der Waals surface area (Å²) < 4.78 is 38.8. The van der Waals surface area contributed by atoms with Gasteiger partial charge >= 0.3 is 0 Å². The molecule has 1 unspecified atom stereocenters. The van der Waals surface area contributed by atoms with E-state index in [0.29, 0.717) is 0 Å². The number of benzene rings is 1. The van der Waals surface area contributed by atoms with Crippen LogP contribution in [0.4, 0.5) is 4.39 Å². The summed E-state index contributed by atoms with van der Waals surface area (Å²) in [7, 11) is -3.28. The lowest BCUT2D eigenvalue weighted by atomic mass is 10.2. The Balaban J connectivity index is 1.86. The first-order chi connectivity index (χ1) is 8.55. The van der Waals surface area contributed by atoms with Gasteiger partial charge in [0.2, 0.25) is 10.0 Å². The second-order valence-electron chi connectivity index (χ2n) is 4.52. The first kappa shape index (κ1) is 13.5. The first-order valence-corrected chi connectivity index (χ1v) is 7.65. The monoisotopic (exact) mass is 272 g/mol. The van der Waals surface area contributed by atoms with Crippen molar-refractivity contribution in [2.75, 3.05) is 12.3 Å². The predicted molar refractivity (Wildman–Crippen MR) is 68.1 cm³/mol. The molecule has 1 saturated heterocycles. The molecule has 1 aromatic rings. The lowest BCUT2D eigenvalue weighted by molar-refractivity contribution is 0.563. The quantitative estimate of drug-likeness (QED) is 0.840. The summed E-state index contributed by atoms with van der Waals surface area (Å²) in [6, 6.07) is 5.84. The van der Waals surface area contributed by atoms with Crippen LogP contribution in [0.2, 0.25) is 0 Å². The van der Waals surface area contributed by atoms with Crippen molar-refractivity contribution in [3.63, 3.8) is 0 Å². The summed E-state index contributed by atoms with van der Waals surface area (Å²) in [5, 5.41) is 3.15. The van der Waals surface area contributed by atoms with Crippen molar-refractivity contribution >= 4 is 10.0 Å². The van der Waals surface area contributed by atoms with Crippen LogP contribution in [0.3, 0.4) is 0 Å². The average Bonchev–Trinajstić information content (AvgIpc) is 2.80. The highest BCUT2D eigenvalue weighted by Crippen LogP contribution is 2.08. The molecule has 6 heteroatoms. The normalized spacial score (nSPS) is 20.2. The maximum atomic E-state index is 12.7. The van der Waals surface area contributed by atoms with Crippen molar-refractivity contribution in [2.24, 2.45) is 0 Å². The van der Waals surface area contributed by atoms with Crippen molar-refractivity contribution in [3.8, 4) is 0 Å². The fourth-order valence-corrected chi connectivity index (χ4v) is 3.34. The highest BCUT2D eigenvalue weighted by Gasteiger charge is 2.21. The van der Waals surface area contributed by atoms with Gasteiger partial charge in [0.05, 0.1) is 5.75 Å². The van der Waals surface area contributed by atoms with Gasteiger partial charge in [-0.1, -0.05) is 12.1 Å². The zero-order chi connectivity index (χ0) is 13.0. The molecule has 0 saturated carbocycles. The van der Waals surface area contributed by atoms with E-state index in [9.17, 15) is 12.8 Å². The third-order valence-corrected chi connectivity index (χ3v) is 4.42. The molecule has 4 nitrogen and oxygen atoms in total. The summed E-state index contributed by atoms with van der Waals surface area (Å²) >= 11 is 0. The Morgan fingerprint density at radius 3 is 2.67 bits per heavy atom. The van der Waals surface area contributed by atoms with E-state index < -0.39 is 10.0 Å². The Hall–Kier alpha value is -0.980. The number of hydrogen-bond acceptors (Lipinski definition) is 3. The van der Waals surface area contributed by atoms with Crippen molar-refractivity contribution in [1.82, 2.24) is 10.0 Å². The third kappa shape index (κ3) is 4.04. The number of nitrogens with one attached hydrogen (secondary N) is 2. The van der Waals surface area contributed by atoms with Gasteiger partial charge in [-0.25, -0.2) is 17.5 Å². The third-order valence-electron chi connectivity index (χ3n) is 2.99. The molecule has 1 fully saturated rings. The molecule has 0 aliphatic carbocycles. The molecule has 1 aliphatic heterocycles. The van der Waals surface area contributed by atoms with Crippen LogP contribution in [0, 0.1) is 5.82 Å². The van der Waals surface area contributed by atoms with Crippen LogP contribution in [0.5, 0.6) is 0 Å². The second-order valence-corrected chi connectivity index (χ2v) is 6.37. The Morgan fingerprint density at radius 2 is 2.06 bits per heavy atom. The van der Waals surface area contributed by atoms with E-state index in [0.717, 1.165) is 24.9 Å². The van der Waals surface area contributed by atoms with Gasteiger partial charge in [0.15, 0.2) is 0 Å². The van der Waals surface area contributed by atoms with Gasteiger partial charge in [-0.05, 0) is 37.1 Å². The molecule has 1 heterocycles. The van der Waals surface area contributed by atoms with Crippen molar-refractivity contribution < 1.29 is 12.8 Å². The van der Waals surface area contributed by atoms with Crippen LogP contribution in [0.15, 0.2) is 24.3 Å². The lowest BCUT2D eigenvalue weighted by Crippen LogP contribution is -2.36. The minimum Gasteiger partial charge on any atom is -0.313 e. The van der Waals surface area contributed by atoms with Crippen molar-refractivity contribution in [3.05, 3.63) is 35.6 Å². The van der Waals surface area contributed by atoms with Crippen molar-refractivity contribution in [1.29, 1.82) is 0 Å². The Morgan fingerprint density at radius 1 is 1.33 bits per heavy atom. The Kier molecular flexibility index (Phi) is 4.31. The van der Waals surface area contributed by atoms with Crippen LogP contribution in [-0.4, -0.2) is 26.8 Å². The molecular formula is C12H17FN2O2S. The summed E-state index contributed by atoms with van der Waals surface area (Å²) in [5.41, 5.74) is 0.749. The van der Waals surface area contributed by atoms with Gasteiger partial charge in [0.1, 0.15) is 5.82 Å². The highest BCUT2D eigenvalue weighted by atomic mass is 32.2. The molecular weight excluding hydrogens is 255 g/mol. The molecule has 1 aromatic carbocycles. The molecule has 0 radical (unpaired) electrons. The number of halogens is 1. The van der Waals surface area contributed by atoms with E-state index in [1.807, 2.05) is 0 Å². The van der Waals surface area contributed by atoms with Crippen LogP contribution < -0.4 is 10.0 Å². The summed E-state index contributed by atoms with van der Waals surface area (Å²) in [6.45, 7) is 1.09. The molecule has 1 aliphatic rings. The second kappa shape index (κ2) is 5.77. The summed E-state index contributed by atoms with van der Waals surface area (Å²) in [5.74, 6) is -0.217. The average molecular weight is 272 g/mol. The van der Waals surface area contributed by atoms with E-state index in [-0.39, 0.29) is 24.2 Å². The van der Waals surface area contributed by atoms with Crippen LogP contribution >= 0.6 is 0 Å². The minimum absolute atomic E-state index is 0.0516. The molecule has 1 atom stereocenters. The first-order valence-electron chi connectivity index (χ1n) is 6.00. The Bertz CT molecular complexity index is 481. The molecule has 0 aromatic heterocycles. The molecule has 100 valence electrons. The topological polar surface area (TPSA) is 58.2 Å². The fourth-order valence-electron chi connectivity index (χ4n) is 2.02. The molecule has 2 N–H and O–H groups in total. The molecule has 0 spiro atoms. The van der Waals surface area contributed by atoms with Gasteiger partial charge in [-0.2, -0.15) is 0 Å². The number of hydrogen-bond donors (Lipinski definition) is 2. The highest BCUT2D eigenvalue weighted by molar-refractivity contribution is 7.89. The van der Waals surface area contributed by atoms with Crippen molar-refractivity contribution in [2.45, 2.75) is 25.4 Å². The van der Waals surface area contributed by atoms with Gasteiger partial charge in [-0.3, -0.25) is 0 Å². The van der Waals surface area contributed by atoms with E-state index in [4.69, 9.17) is 0 Å². The minimum atomic E-state index is -3.28. The van der Waals surface area contributed by atoms with E-state index in [1.165, 1.54) is 12.1 Å². The van der Waals surface area contributed by atoms with E-state index >= 15 is 0 Å². The van der Waals surface area contributed by atoms with Gasteiger partial charge < -0.3 is 5.32 Å². The maximum absolute atomic E-state index is 12.7. The number of sulfonamides is 1. The summed E-state index contributed by atoms with van der Waals surface area (Å²) in [6.07, 6.45) is 1.93. The molecule has 18 heavy (non-hydrogen) atoms. The SMILES string of the molecule is O=S(=O)(CC1CCCN1)NCc1ccc(F)cc1. The smallest absolute Gasteiger partial charge is 0.213 e. The zero-order valence-electron chi connectivity index (χ0n) is 10.0. The van der Waals surface area contributed by atoms with E-state index in [1.54, 1.807) is 12.1 Å². The van der Waals surface area contributed by atoms with Crippen LogP contribution in [0.1, 0.15) is 18.4 Å². The van der Waals surface area contributed by atoms with Crippen LogP contribution in [0.25, 0.3) is 0 Å². The lowest BCUT2D eigenvalue weighted by Gasteiger charge is -2.11. The largest absolute Gasteiger partial charge is 0.313 e.